The Morgan fingerprint density at radius 1 is 1.36 bits per heavy atom. The van der Waals surface area contributed by atoms with Crippen LogP contribution in [0.1, 0.15) is 32.0 Å². The van der Waals surface area contributed by atoms with E-state index in [1.54, 1.807) is 0 Å². The van der Waals surface area contributed by atoms with Gasteiger partial charge in [-0.1, -0.05) is 13.0 Å². The molecule has 8 heteroatoms. The molecule has 6 nitrogen and oxygen atoms in total. The maximum atomic E-state index is 4.35. The van der Waals surface area contributed by atoms with E-state index in [0.29, 0.717) is 6.04 Å². The lowest BCUT2D eigenvalue weighted by atomic mass is 10.2. The van der Waals surface area contributed by atoms with Gasteiger partial charge < -0.3 is 10.6 Å². The van der Waals surface area contributed by atoms with E-state index in [1.807, 2.05) is 35.8 Å². The molecule has 0 spiro atoms. The van der Waals surface area contributed by atoms with Crippen molar-refractivity contribution < 1.29 is 0 Å². The first-order chi connectivity index (χ1) is 11.8. The number of hydrogen-bond acceptors (Lipinski definition) is 4. The first-order valence-corrected chi connectivity index (χ1v) is 9.72. The molecule has 0 aliphatic heterocycles. The van der Waals surface area contributed by atoms with Gasteiger partial charge in [-0.05, 0) is 37.1 Å². The van der Waals surface area contributed by atoms with Crippen LogP contribution in [-0.2, 0) is 6.42 Å². The Morgan fingerprint density at radius 3 is 3.04 bits per heavy atom. The molecule has 0 amide bonds. The van der Waals surface area contributed by atoms with Crippen molar-refractivity contribution in [3.63, 3.8) is 0 Å². The predicted octanol–water partition coefficient (Wildman–Crippen LogP) is 2.73. The first kappa shape index (κ1) is 20.3. The van der Waals surface area contributed by atoms with Crippen molar-refractivity contribution in [1.29, 1.82) is 0 Å². The molecule has 3 rings (SSSR count). The Balaban J connectivity index is 0.00000225. The number of halogens is 1. The lowest BCUT2D eigenvalue weighted by Crippen LogP contribution is -2.43. The summed E-state index contributed by atoms with van der Waals surface area (Å²) in [4.78, 5) is 4.35. The third kappa shape index (κ3) is 5.47. The van der Waals surface area contributed by atoms with Crippen molar-refractivity contribution in [2.24, 2.45) is 4.99 Å². The summed E-state index contributed by atoms with van der Waals surface area (Å²) >= 11 is 2.08. The Bertz CT molecular complexity index is 689. The highest BCUT2D eigenvalue weighted by Crippen LogP contribution is 2.29. The lowest BCUT2D eigenvalue weighted by molar-refractivity contribution is 0.613. The van der Waals surface area contributed by atoms with Crippen LogP contribution in [0.5, 0.6) is 0 Å². The molecule has 1 aliphatic rings. The second-order valence-corrected chi connectivity index (χ2v) is 7.60. The normalized spacial score (nSPS) is 20.5. The van der Waals surface area contributed by atoms with Gasteiger partial charge in [-0.25, -0.2) is 0 Å². The molecule has 2 aromatic heterocycles. The molecule has 0 bridgehead atoms. The smallest absolute Gasteiger partial charge is 0.191 e. The maximum absolute atomic E-state index is 4.35. The fourth-order valence-electron chi connectivity index (χ4n) is 3.20. The number of nitrogens with one attached hydrogen (secondary N) is 2. The molecule has 2 unspecified atom stereocenters. The number of aliphatic imine (C=N–C) groups is 1. The Kier molecular flexibility index (Phi) is 8.28. The van der Waals surface area contributed by atoms with Gasteiger partial charge in [0.2, 0.25) is 0 Å². The van der Waals surface area contributed by atoms with E-state index in [-0.39, 0.29) is 24.0 Å². The number of pyridine rings is 1. The van der Waals surface area contributed by atoms with Gasteiger partial charge in [0.25, 0.3) is 0 Å². The zero-order valence-electron chi connectivity index (χ0n) is 14.8. The summed E-state index contributed by atoms with van der Waals surface area (Å²) in [6.07, 6.45) is 6.58. The van der Waals surface area contributed by atoms with Crippen LogP contribution in [0.25, 0.3) is 5.65 Å². The summed E-state index contributed by atoms with van der Waals surface area (Å²) in [5.74, 6) is 3.06. The van der Waals surface area contributed by atoms with Gasteiger partial charge in [0.1, 0.15) is 5.82 Å². The van der Waals surface area contributed by atoms with Crippen molar-refractivity contribution in [2.75, 3.05) is 19.3 Å². The van der Waals surface area contributed by atoms with Crippen molar-refractivity contribution in [1.82, 2.24) is 25.2 Å². The number of rotatable bonds is 6. The number of hydrogen-bond donors (Lipinski definition) is 2. The van der Waals surface area contributed by atoms with Gasteiger partial charge >= 0.3 is 0 Å². The molecule has 138 valence electrons. The fourth-order valence-corrected chi connectivity index (χ4v) is 4.34. The predicted molar refractivity (Wildman–Crippen MR) is 116 cm³/mol. The van der Waals surface area contributed by atoms with Crippen molar-refractivity contribution in [2.45, 2.75) is 43.9 Å². The van der Waals surface area contributed by atoms with Crippen LogP contribution in [-0.4, -0.2) is 51.2 Å². The summed E-state index contributed by atoms with van der Waals surface area (Å²) in [5, 5.41) is 16.2. The largest absolute Gasteiger partial charge is 0.356 e. The molecule has 0 saturated heterocycles. The Hall–Kier alpha value is -1.03. The van der Waals surface area contributed by atoms with Gasteiger partial charge in [0, 0.05) is 37.5 Å². The minimum Gasteiger partial charge on any atom is -0.356 e. The molecule has 25 heavy (non-hydrogen) atoms. The van der Waals surface area contributed by atoms with Gasteiger partial charge in [-0.15, -0.1) is 34.2 Å². The molecule has 0 radical (unpaired) electrons. The Labute approximate surface area is 170 Å². The second-order valence-electron chi connectivity index (χ2n) is 6.03. The zero-order valence-corrected chi connectivity index (χ0v) is 18.0. The van der Waals surface area contributed by atoms with Gasteiger partial charge in [-0.3, -0.25) is 9.39 Å². The fraction of sp³-hybridized carbons (Fsp3) is 0.588. The molecule has 2 N–H and O–H groups in total. The lowest BCUT2D eigenvalue weighted by Gasteiger charge is -2.17. The Morgan fingerprint density at radius 2 is 2.24 bits per heavy atom. The van der Waals surface area contributed by atoms with Crippen molar-refractivity contribution >= 4 is 47.3 Å². The monoisotopic (exact) mass is 474 g/mol. The van der Waals surface area contributed by atoms with Gasteiger partial charge in [-0.2, -0.15) is 11.8 Å². The van der Waals surface area contributed by atoms with E-state index in [9.17, 15) is 0 Å². The number of nitrogens with zero attached hydrogens (tertiary/aromatic N) is 4. The molecule has 2 heterocycles. The maximum Gasteiger partial charge on any atom is 0.191 e. The van der Waals surface area contributed by atoms with Crippen molar-refractivity contribution in [3.8, 4) is 0 Å². The third-order valence-electron chi connectivity index (χ3n) is 4.38. The molecule has 1 saturated carbocycles. The quantitative estimate of drug-likeness (QED) is 0.383. The van der Waals surface area contributed by atoms with E-state index >= 15 is 0 Å². The van der Waals surface area contributed by atoms with E-state index in [0.717, 1.165) is 35.6 Å². The standard InChI is InChI=1S/C17H26N6S.HI/c1-3-24-14-8-7-13(12-14)20-17(18-2)19-10-9-16-22-21-15-6-4-5-11-23(15)16;/h4-6,11,13-14H,3,7-10,12H2,1-2H3,(H2,18,19,20);1H. The molecule has 2 atom stereocenters. The molecular weight excluding hydrogens is 447 g/mol. The van der Waals surface area contributed by atoms with Crippen LogP contribution in [0.3, 0.4) is 0 Å². The zero-order chi connectivity index (χ0) is 16.8. The first-order valence-electron chi connectivity index (χ1n) is 8.67. The van der Waals surface area contributed by atoms with E-state index < -0.39 is 0 Å². The molecule has 1 fully saturated rings. The number of thioether (sulfide) groups is 1. The highest BCUT2D eigenvalue weighted by atomic mass is 127. The SMILES string of the molecule is CCSC1CCC(NC(=NC)NCCc2nnc3ccccn23)C1.I. The highest BCUT2D eigenvalue weighted by Gasteiger charge is 2.25. The van der Waals surface area contributed by atoms with Crippen LogP contribution < -0.4 is 10.6 Å². The minimum atomic E-state index is 0. The van der Waals surface area contributed by atoms with Crippen LogP contribution >= 0.6 is 35.7 Å². The number of fused-ring (bicyclic) bond motifs is 1. The van der Waals surface area contributed by atoms with Crippen LogP contribution in [0.4, 0.5) is 0 Å². The van der Waals surface area contributed by atoms with Gasteiger partial charge in [0.05, 0.1) is 0 Å². The van der Waals surface area contributed by atoms with Crippen LogP contribution in [0, 0.1) is 0 Å². The molecule has 1 aliphatic carbocycles. The average molecular weight is 474 g/mol. The summed E-state index contributed by atoms with van der Waals surface area (Å²) in [6, 6.07) is 6.48. The van der Waals surface area contributed by atoms with Crippen LogP contribution in [0.15, 0.2) is 29.4 Å². The third-order valence-corrected chi connectivity index (χ3v) is 5.61. The average Bonchev–Trinajstić information content (AvgIpc) is 3.21. The van der Waals surface area contributed by atoms with E-state index in [4.69, 9.17) is 0 Å². The minimum absolute atomic E-state index is 0. The number of aromatic nitrogens is 3. The summed E-state index contributed by atoms with van der Waals surface area (Å²) in [6.45, 7) is 3.02. The number of guanidine groups is 1. The summed E-state index contributed by atoms with van der Waals surface area (Å²) < 4.78 is 2.03. The molecular formula is C17H27IN6S. The second kappa shape index (κ2) is 10.2. The van der Waals surface area contributed by atoms with Crippen molar-refractivity contribution in [3.05, 3.63) is 30.2 Å². The van der Waals surface area contributed by atoms with Gasteiger partial charge in [0.15, 0.2) is 11.6 Å². The van der Waals surface area contributed by atoms with E-state index in [2.05, 4.69) is 44.5 Å². The highest BCUT2D eigenvalue weighted by molar-refractivity contribution is 14.0. The summed E-state index contributed by atoms with van der Waals surface area (Å²) in [5.41, 5.74) is 0.889. The molecule has 2 aromatic rings. The summed E-state index contributed by atoms with van der Waals surface area (Å²) in [7, 11) is 1.83. The topological polar surface area (TPSA) is 66.6 Å². The van der Waals surface area contributed by atoms with E-state index in [1.165, 1.54) is 25.0 Å². The molecule has 0 aromatic carbocycles. The van der Waals surface area contributed by atoms with Crippen LogP contribution in [0.2, 0.25) is 0 Å².